The number of benzene rings is 1. The first-order valence-corrected chi connectivity index (χ1v) is 6.36. The lowest BCUT2D eigenvalue weighted by atomic mass is 10.2. The van der Waals surface area contributed by atoms with E-state index in [2.05, 4.69) is 24.5 Å². The summed E-state index contributed by atoms with van der Waals surface area (Å²) >= 11 is 0. The van der Waals surface area contributed by atoms with Crippen molar-refractivity contribution >= 4 is 5.91 Å². The number of amides is 1. The van der Waals surface area contributed by atoms with Crippen LogP contribution in [0, 0.1) is 5.92 Å². The Hall–Kier alpha value is -1.75. The first-order valence-electron chi connectivity index (χ1n) is 6.36. The van der Waals surface area contributed by atoms with E-state index < -0.39 is 0 Å². The second kappa shape index (κ2) is 7.63. The minimum absolute atomic E-state index is 0.0144. The lowest BCUT2D eigenvalue weighted by molar-refractivity contribution is -0.120. The Kier molecular flexibility index (Phi) is 6.15. The van der Waals surface area contributed by atoms with E-state index in [4.69, 9.17) is 4.74 Å². The molecule has 0 saturated carbocycles. The van der Waals surface area contributed by atoms with Crippen LogP contribution in [0.1, 0.15) is 19.4 Å². The third-order valence-electron chi connectivity index (χ3n) is 2.57. The monoisotopic (exact) mass is 266 g/mol. The van der Waals surface area contributed by atoms with Crippen LogP contribution in [0.5, 0.6) is 11.5 Å². The Morgan fingerprint density at radius 3 is 2.79 bits per heavy atom. The summed E-state index contributed by atoms with van der Waals surface area (Å²) in [5, 5.41) is 15.3. The fourth-order valence-corrected chi connectivity index (χ4v) is 1.53. The van der Waals surface area contributed by atoms with Crippen molar-refractivity contribution in [2.75, 3.05) is 20.2 Å². The van der Waals surface area contributed by atoms with Crippen molar-refractivity contribution in [2.24, 2.45) is 5.92 Å². The summed E-state index contributed by atoms with van der Waals surface area (Å²) < 4.78 is 5.02. The number of aromatic hydroxyl groups is 1. The van der Waals surface area contributed by atoms with Gasteiger partial charge in [0.05, 0.1) is 13.7 Å². The first kappa shape index (κ1) is 15.3. The second-order valence-corrected chi connectivity index (χ2v) is 4.81. The molecule has 0 unspecified atom stereocenters. The average Bonchev–Trinajstić information content (AvgIpc) is 2.38. The predicted molar refractivity (Wildman–Crippen MR) is 74.2 cm³/mol. The van der Waals surface area contributed by atoms with Crippen molar-refractivity contribution < 1.29 is 14.6 Å². The van der Waals surface area contributed by atoms with Gasteiger partial charge in [0.2, 0.25) is 5.91 Å². The molecule has 0 aliphatic rings. The maximum Gasteiger partial charge on any atom is 0.233 e. The van der Waals surface area contributed by atoms with E-state index in [1.54, 1.807) is 18.2 Å². The molecule has 1 rings (SSSR count). The van der Waals surface area contributed by atoms with Crippen LogP contribution in [-0.2, 0) is 11.3 Å². The van der Waals surface area contributed by atoms with Gasteiger partial charge in [-0.2, -0.15) is 0 Å². The molecule has 0 aliphatic carbocycles. The van der Waals surface area contributed by atoms with Crippen LogP contribution in [0.3, 0.4) is 0 Å². The molecular weight excluding hydrogens is 244 g/mol. The first-order chi connectivity index (χ1) is 9.02. The van der Waals surface area contributed by atoms with E-state index in [-0.39, 0.29) is 18.2 Å². The van der Waals surface area contributed by atoms with Gasteiger partial charge in [-0.3, -0.25) is 4.79 Å². The van der Waals surface area contributed by atoms with E-state index in [0.29, 0.717) is 24.8 Å². The van der Waals surface area contributed by atoms with E-state index in [1.807, 2.05) is 0 Å². The highest BCUT2D eigenvalue weighted by Crippen LogP contribution is 2.25. The Morgan fingerprint density at radius 1 is 1.42 bits per heavy atom. The molecule has 1 aromatic rings. The molecule has 0 radical (unpaired) electrons. The van der Waals surface area contributed by atoms with Crippen molar-refractivity contribution in [2.45, 2.75) is 20.4 Å². The fraction of sp³-hybridized carbons (Fsp3) is 0.500. The Balaban J connectivity index is 2.35. The van der Waals surface area contributed by atoms with Crippen LogP contribution < -0.4 is 15.4 Å². The maximum atomic E-state index is 11.5. The number of phenolic OH excluding ortho intramolecular Hbond substituents is 1. The van der Waals surface area contributed by atoms with Gasteiger partial charge in [-0.05, 0) is 23.6 Å². The number of rotatable bonds is 7. The highest BCUT2D eigenvalue weighted by Gasteiger charge is 2.04. The largest absolute Gasteiger partial charge is 0.504 e. The molecule has 3 N–H and O–H groups in total. The highest BCUT2D eigenvalue weighted by molar-refractivity contribution is 5.77. The van der Waals surface area contributed by atoms with Crippen LogP contribution in [0.25, 0.3) is 0 Å². The Labute approximate surface area is 114 Å². The van der Waals surface area contributed by atoms with Gasteiger partial charge in [0.25, 0.3) is 0 Å². The molecule has 0 saturated heterocycles. The maximum absolute atomic E-state index is 11.5. The van der Waals surface area contributed by atoms with Gasteiger partial charge in [-0.1, -0.05) is 19.9 Å². The molecule has 5 heteroatoms. The molecule has 19 heavy (non-hydrogen) atoms. The molecule has 1 aromatic carbocycles. The zero-order valence-electron chi connectivity index (χ0n) is 11.7. The molecular formula is C14H22N2O3. The smallest absolute Gasteiger partial charge is 0.233 e. The third kappa shape index (κ3) is 5.61. The van der Waals surface area contributed by atoms with Crippen molar-refractivity contribution in [1.29, 1.82) is 0 Å². The van der Waals surface area contributed by atoms with Gasteiger partial charge < -0.3 is 20.5 Å². The van der Waals surface area contributed by atoms with Gasteiger partial charge in [-0.25, -0.2) is 0 Å². The molecule has 0 aromatic heterocycles. The summed E-state index contributed by atoms with van der Waals surface area (Å²) in [6.45, 7) is 5.61. The number of carbonyl (C=O) groups is 1. The van der Waals surface area contributed by atoms with Crippen LogP contribution in [0.2, 0.25) is 0 Å². The van der Waals surface area contributed by atoms with Gasteiger partial charge in [0, 0.05) is 13.1 Å². The number of hydrogen-bond acceptors (Lipinski definition) is 4. The van der Waals surface area contributed by atoms with Crippen LogP contribution in [0.15, 0.2) is 18.2 Å². The standard InChI is InChI=1S/C14H22N2O3/c1-10(2)7-16-14(18)9-15-8-11-4-5-12(17)13(6-11)19-3/h4-6,10,15,17H,7-9H2,1-3H3,(H,16,18). The minimum atomic E-state index is -0.0144. The number of carbonyl (C=O) groups excluding carboxylic acids is 1. The van der Waals surface area contributed by atoms with E-state index in [9.17, 15) is 9.90 Å². The molecule has 106 valence electrons. The number of methoxy groups -OCH3 is 1. The van der Waals surface area contributed by atoms with Gasteiger partial charge in [0.15, 0.2) is 11.5 Å². The molecule has 0 fully saturated rings. The number of hydrogen-bond donors (Lipinski definition) is 3. The third-order valence-corrected chi connectivity index (χ3v) is 2.57. The number of nitrogens with one attached hydrogen (secondary N) is 2. The number of phenols is 1. The molecule has 0 atom stereocenters. The molecule has 5 nitrogen and oxygen atoms in total. The normalized spacial score (nSPS) is 10.5. The lowest BCUT2D eigenvalue weighted by Crippen LogP contribution is -2.35. The zero-order valence-corrected chi connectivity index (χ0v) is 11.7. The van der Waals surface area contributed by atoms with Crippen molar-refractivity contribution in [1.82, 2.24) is 10.6 Å². The summed E-state index contributed by atoms with van der Waals surface area (Å²) in [7, 11) is 1.51. The Morgan fingerprint density at radius 2 is 2.16 bits per heavy atom. The summed E-state index contributed by atoms with van der Waals surface area (Å²) in [5.41, 5.74) is 0.950. The van der Waals surface area contributed by atoms with E-state index in [0.717, 1.165) is 5.56 Å². The van der Waals surface area contributed by atoms with E-state index >= 15 is 0 Å². The number of ether oxygens (including phenoxy) is 1. The van der Waals surface area contributed by atoms with Crippen molar-refractivity contribution in [3.63, 3.8) is 0 Å². The summed E-state index contributed by atoms with van der Waals surface area (Å²) in [6, 6.07) is 5.11. The minimum Gasteiger partial charge on any atom is -0.504 e. The van der Waals surface area contributed by atoms with Gasteiger partial charge in [-0.15, -0.1) is 0 Å². The van der Waals surface area contributed by atoms with Crippen LogP contribution in [0.4, 0.5) is 0 Å². The summed E-state index contributed by atoms with van der Waals surface area (Å²) in [4.78, 5) is 11.5. The van der Waals surface area contributed by atoms with E-state index in [1.165, 1.54) is 7.11 Å². The van der Waals surface area contributed by atoms with Crippen molar-refractivity contribution in [3.05, 3.63) is 23.8 Å². The Bertz CT molecular complexity index is 419. The molecule has 1 amide bonds. The van der Waals surface area contributed by atoms with Gasteiger partial charge in [0.1, 0.15) is 0 Å². The average molecular weight is 266 g/mol. The quantitative estimate of drug-likeness (QED) is 0.695. The van der Waals surface area contributed by atoms with Crippen LogP contribution in [-0.4, -0.2) is 31.2 Å². The van der Waals surface area contributed by atoms with Gasteiger partial charge >= 0.3 is 0 Å². The lowest BCUT2D eigenvalue weighted by Gasteiger charge is -2.09. The SMILES string of the molecule is COc1cc(CNCC(=O)NCC(C)C)ccc1O. The molecule has 0 spiro atoms. The molecule has 0 heterocycles. The zero-order chi connectivity index (χ0) is 14.3. The highest BCUT2D eigenvalue weighted by atomic mass is 16.5. The second-order valence-electron chi connectivity index (χ2n) is 4.81. The topological polar surface area (TPSA) is 70.6 Å². The molecule has 0 aliphatic heterocycles. The molecule has 0 bridgehead atoms. The predicted octanol–water partition coefficient (Wildman–Crippen LogP) is 1.26. The summed E-state index contributed by atoms with van der Waals surface area (Å²) in [5.74, 6) is 0.981. The summed E-state index contributed by atoms with van der Waals surface area (Å²) in [6.07, 6.45) is 0. The van der Waals surface area contributed by atoms with Crippen LogP contribution >= 0.6 is 0 Å². The van der Waals surface area contributed by atoms with Crippen molar-refractivity contribution in [3.8, 4) is 11.5 Å². The fourth-order valence-electron chi connectivity index (χ4n) is 1.53.